The molecule has 2 rings (SSSR count). The molecule has 1 aliphatic rings. The third-order valence-electron chi connectivity index (χ3n) is 3.08. The van der Waals surface area contributed by atoms with Gasteiger partial charge in [-0.3, -0.25) is 0 Å². The van der Waals surface area contributed by atoms with Crippen molar-refractivity contribution in [3.8, 4) is 0 Å². The SMILES string of the molecule is CCSc1ccccc1NC1CN(C(=O)OC(C)(C)C)C1. The van der Waals surface area contributed by atoms with Crippen molar-refractivity contribution in [3.63, 3.8) is 0 Å². The minimum Gasteiger partial charge on any atom is -0.444 e. The zero-order chi connectivity index (χ0) is 15.5. The number of nitrogens with zero attached hydrogens (tertiary/aromatic N) is 1. The number of thioether (sulfide) groups is 1. The predicted octanol–water partition coefficient (Wildman–Crippen LogP) is 3.83. The number of hydrogen-bond donors (Lipinski definition) is 1. The molecule has 0 unspecified atom stereocenters. The number of benzene rings is 1. The smallest absolute Gasteiger partial charge is 0.410 e. The highest BCUT2D eigenvalue weighted by Gasteiger charge is 2.33. The molecule has 21 heavy (non-hydrogen) atoms. The summed E-state index contributed by atoms with van der Waals surface area (Å²) >= 11 is 1.83. The van der Waals surface area contributed by atoms with Gasteiger partial charge in [0.2, 0.25) is 0 Å². The van der Waals surface area contributed by atoms with Gasteiger partial charge in [-0.15, -0.1) is 11.8 Å². The van der Waals surface area contributed by atoms with Crippen molar-refractivity contribution in [1.29, 1.82) is 0 Å². The molecule has 1 heterocycles. The van der Waals surface area contributed by atoms with Gasteiger partial charge in [-0.05, 0) is 38.7 Å². The average Bonchev–Trinajstić information content (AvgIpc) is 2.33. The Bertz CT molecular complexity index is 493. The number of nitrogens with one attached hydrogen (secondary N) is 1. The Morgan fingerprint density at radius 3 is 2.67 bits per heavy atom. The Morgan fingerprint density at radius 2 is 2.05 bits per heavy atom. The maximum Gasteiger partial charge on any atom is 0.410 e. The molecule has 1 fully saturated rings. The summed E-state index contributed by atoms with van der Waals surface area (Å²) in [7, 11) is 0. The third-order valence-corrected chi connectivity index (χ3v) is 4.04. The zero-order valence-corrected chi connectivity index (χ0v) is 14.0. The van der Waals surface area contributed by atoms with Crippen LogP contribution in [-0.4, -0.2) is 41.5 Å². The van der Waals surface area contributed by atoms with Crippen molar-refractivity contribution in [2.75, 3.05) is 24.2 Å². The number of carbonyl (C=O) groups excluding carboxylic acids is 1. The topological polar surface area (TPSA) is 41.6 Å². The highest BCUT2D eigenvalue weighted by molar-refractivity contribution is 7.99. The van der Waals surface area contributed by atoms with Crippen LogP contribution in [0.25, 0.3) is 0 Å². The van der Waals surface area contributed by atoms with Crippen LogP contribution in [-0.2, 0) is 4.74 Å². The minimum atomic E-state index is -0.431. The fraction of sp³-hybridized carbons (Fsp3) is 0.562. The van der Waals surface area contributed by atoms with Gasteiger partial charge in [0, 0.05) is 23.7 Å². The highest BCUT2D eigenvalue weighted by Crippen LogP contribution is 2.28. The summed E-state index contributed by atoms with van der Waals surface area (Å²) < 4.78 is 5.36. The van der Waals surface area contributed by atoms with E-state index in [0.29, 0.717) is 19.1 Å². The summed E-state index contributed by atoms with van der Waals surface area (Å²) in [6.45, 7) is 9.20. The van der Waals surface area contributed by atoms with Gasteiger partial charge in [-0.1, -0.05) is 19.1 Å². The first-order chi connectivity index (χ1) is 9.89. The number of amides is 1. The van der Waals surface area contributed by atoms with Crippen molar-refractivity contribution >= 4 is 23.5 Å². The maximum atomic E-state index is 11.9. The number of anilines is 1. The van der Waals surface area contributed by atoms with Gasteiger partial charge in [0.1, 0.15) is 5.60 Å². The summed E-state index contributed by atoms with van der Waals surface area (Å²) in [6, 6.07) is 8.61. The van der Waals surface area contributed by atoms with E-state index in [9.17, 15) is 4.79 Å². The van der Waals surface area contributed by atoms with Crippen LogP contribution < -0.4 is 5.32 Å². The van der Waals surface area contributed by atoms with Gasteiger partial charge in [0.05, 0.1) is 6.04 Å². The quantitative estimate of drug-likeness (QED) is 0.858. The second-order valence-electron chi connectivity index (χ2n) is 6.16. The molecule has 0 atom stereocenters. The molecule has 1 N–H and O–H groups in total. The second-order valence-corrected chi connectivity index (χ2v) is 7.46. The number of ether oxygens (including phenoxy) is 1. The van der Waals surface area contributed by atoms with Crippen LogP contribution in [0.1, 0.15) is 27.7 Å². The molecule has 1 aromatic carbocycles. The summed E-state index contributed by atoms with van der Waals surface area (Å²) in [5.41, 5.74) is 0.721. The summed E-state index contributed by atoms with van der Waals surface area (Å²) in [6.07, 6.45) is -0.225. The highest BCUT2D eigenvalue weighted by atomic mass is 32.2. The van der Waals surface area contributed by atoms with Crippen LogP contribution in [0.4, 0.5) is 10.5 Å². The number of carbonyl (C=O) groups is 1. The van der Waals surface area contributed by atoms with Crippen LogP contribution in [0, 0.1) is 0 Å². The van der Waals surface area contributed by atoms with Gasteiger partial charge in [-0.2, -0.15) is 0 Å². The van der Waals surface area contributed by atoms with E-state index in [1.807, 2.05) is 38.6 Å². The molecule has 1 amide bonds. The average molecular weight is 308 g/mol. The van der Waals surface area contributed by atoms with Crippen molar-refractivity contribution in [1.82, 2.24) is 4.90 Å². The van der Waals surface area contributed by atoms with E-state index in [4.69, 9.17) is 4.74 Å². The fourth-order valence-corrected chi connectivity index (χ4v) is 2.90. The summed E-state index contributed by atoms with van der Waals surface area (Å²) in [5, 5.41) is 3.51. The molecule has 0 spiro atoms. The molecule has 0 aromatic heterocycles. The van der Waals surface area contributed by atoms with Crippen molar-refractivity contribution in [2.24, 2.45) is 0 Å². The summed E-state index contributed by atoms with van der Waals surface area (Å²) in [4.78, 5) is 14.9. The van der Waals surface area contributed by atoms with E-state index < -0.39 is 5.60 Å². The lowest BCUT2D eigenvalue weighted by atomic mass is 10.1. The van der Waals surface area contributed by atoms with Gasteiger partial charge in [0.15, 0.2) is 0 Å². The van der Waals surface area contributed by atoms with Crippen LogP contribution in [0.5, 0.6) is 0 Å². The Kier molecular flexibility index (Phi) is 5.04. The third kappa shape index (κ3) is 4.56. The first-order valence-corrected chi connectivity index (χ1v) is 8.34. The fourth-order valence-electron chi connectivity index (χ4n) is 2.13. The van der Waals surface area contributed by atoms with E-state index in [1.54, 1.807) is 4.90 Å². The maximum absolute atomic E-state index is 11.9. The lowest BCUT2D eigenvalue weighted by Gasteiger charge is -2.40. The number of likely N-dealkylation sites (tertiary alicyclic amines) is 1. The van der Waals surface area contributed by atoms with Gasteiger partial charge in [0.25, 0.3) is 0 Å². The van der Waals surface area contributed by atoms with E-state index >= 15 is 0 Å². The molecule has 0 bridgehead atoms. The van der Waals surface area contributed by atoms with Crippen LogP contribution >= 0.6 is 11.8 Å². The lowest BCUT2D eigenvalue weighted by molar-refractivity contribution is 0.0105. The molecule has 5 heteroatoms. The Morgan fingerprint density at radius 1 is 1.38 bits per heavy atom. The molecule has 116 valence electrons. The Labute approximate surface area is 131 Å². The summed E-state index contributed by atoms with van der Waals surface area (Å²) in [5.74, 6) is 1.05. The van der Waals surface area contributed by atoms with E-state index in [2.05, 4.69) is 30.4 Å². The number of rotatable bonds is 4. The normalized spacial score (nSPS) is 15.5. The molecule has 0 saturated carbocycles. The molecule has 4 nitrogen and oxygen atoms in total. The first kappa shape index (κ1) is 16.0. The van der Waals surface area contributed by atoms with Gasteiger partial charge < -0.3 is 15.0 Å². The predicted molar refractivity (Wildman–Crippen MR) is 88.1 cm³/mol. The Balaban J connectivity index is 1.84. The minimum absolute atomic E-state index is 0.225. The van der Waals surface area contributed by atoms with E-state index in [0.717, 1.165) is 11.4 Å². The molecule has 0 aliphatic carbocycles. The van der Waals surface area contributed by atoms with Gasteiger partial charge in [-0.25, -0.2) is 4.79 Å². The zero-order valence-electron chi connectivity index (χ0n) is 13.2. The van der Waals surface area contributed by atoms with E-state index in [-0.39, 0.29) is 6.09 Å². The molecule has 1 aliphatic heterocycles. The number of para-hydroxylation sites is 1. The second kappa shape index (κ2) is 6.60. The largest absolute Gasteiger partial charge is 0.444 e. The monoisotopic (exact) mass is 308 g/mol. The van der Waals surface area contributed by atoms with Crippen molar-refractivity contribution in [3.05, 3.63) is 24.3 Å². The van der Waals surface area contributed by atoms with Crippen molar-refractivity contribution in [2.45, 2.75) is 44.2 Å². The molecular formula is C16H24N2O2S. The van der Waals surface area contributed by atoms with Crippen LogP contribution in [0.2, 0.25) is 0 Å². The van der Waals surface area contributed by atoms with E-state index in [1.165, 1.54) is 4.90 Å². The molecular weight excluding hydrogens is 284 g/mol. The van der Waals surface area contributed by atoms with Crippen LogP contribution in [0.3, 0.4) is 0 Å². The van der Waals surface area contributed by atoms with Gasteiger partial charge >= 0.3 is 6.09 Å². The lowest BCUT2D eigenvalue weighted by Crippen LogP contribution is -2.57. The standard InChI is InChI=1S/C16H24N2O2S/c1-5-21-14-9-7-6-8-13(14)17-12-10-18(11-12)15(19)20-16(2,3)4/h6-9,12,17H,5,10-11H2,1-4H3. The van der Waals surface area contributed by atoms with Crippen molar-refractivity contribution < 1.29 is 9.53 Å². The number of hydrogen-bond acceptors (Lipinski definition) is 4. The Hall–Kier alpha value is -1.36. The van der Waals surface area contributed by atoms with Crippen LogP contribution in [0.15, 0.2) is 29.2 Å². The first-order valence-electron chi connectivity index (χ1n) is 7.35. The molecule has 0 radical (unpaired) electrons. The molecule has 1 aromatic rings. The molecule has 1 saturated heterocycles.